The number of piperazine rings is 1. The number of nitrogens with zero attached hydrogens (tertiary/aromatic N) is 2. The highest BCUT2D eigenvalue weighted by Crippen LogP contribution is 2.27. The molecule has 0 aliphatic carbocycles. The number of benzene rings is 3. The molecule has 1 aliphatic heterocycles. The molecule has 0 radical (unpaired) electrons. The van der Waals surface area contributed by atoms with E-state index in [-0.39, 0.29) is 5.91 Å². The number of nitrogens with one attached hydrogen (secondary N) is 1. The first-order chi connectivity index (χ1) is 20.5. The molecule has 1 fully saturated rings. The molecule has 1 amide bonds. The molecule has 0 spiro atoms. The summed E-state index contributed by atoms with van der Waals surface area (Å²) in [7, 11) is 0. The molecule has 0 aromatic heterocycles. The number of anilines is 1. The normalized spacial score (nSPS) is 14.8. The lowest BCUT2D eigenvalue weighted by molar-refractivity contribution is -0.139. The first kappa shape index (κ1) is 33.0. The summed E-state index contributed by atoms with van der Waals surface area (Å²) in [5.41, 5.74) is 5.02. The zero-order valence-corrected chi connectivity index (χ0v) is 25.0. The minimum absolute atomic E-state index is 0.359. The van der Waals surface area contributed by atoms with Gasteiger partial charge in [-0.25, -0.2) is 9.59 Å². The number of amides is 1. The van der Waals surface area contributed by atoms with Crippen molar-refractivity contribution in [2.45, 2.75) is 32.8 Å². The Morgan fingerprint density at radius 1 is 0.837 bits per heavy atom. The van der Waals surface area contributed by atoms with E-state index in [0.717, 1.165) is 50.3 Å². The lowest BCUT2D eigenvalue weighted by Crippen LogP contribution is -2.47. The second-order valence-corrected chi connectivity index (χ2v) is 10.8. The molecule has 1 atom stereocenters. The summed E-state index contributed by atoms with van der Waals surface area (Å²) in [6, 6.07) is 24.2. The van der Waals surface area contributed by atoms with E-state index in [1.807, 2.05) is 48.5 Å². The molecule has 4 N–H and O–H groups in total. The number of carboxylic acids is 2. The van der Waals surface area contributed by atoms with Crippen LogP contribution in [0.3, 0.4) is 0 Å². The minimum atomic E-state index is -1.58. The number of hydrogen-bond acceptors (Lipinski definition) is 6. The van der Waals surface area contributed by atoms with Gasteiger partial charge < -0.3 is 25.5 Å². The highest BCUT2D eigenvalue weighted by Gasteiger charge is 2.32. The van der Waals surface area contributed by atoms with E-state index in [0.29, 0.717) is 24.3 Å². The van der Waals surface area contributed by atoms with Gasteiger partial charge >= 0.3 is 11.9 Å². The lowest BCUT2D eigenvalue weighted by Gasteiger charge is -2.37. The van der Waals surface area contributed by atoms with Crippen LogP contribution in [0.25, 0.3) is 11.1 Å². The molecule has 0 saturated carbocycles. The largest absolute Gasteiger partial charge is 0.478 e. The van der Waals surface area contributed by atoms with E-state index in [9.17, 15) is 19.5 Å². The molecule has 3 aromatic carbocycles. The molecule has 4 rings (SSSR count). The van der Waals surface area contributed by atoms with Crippen molar-refractivity contribution in [1.82, 2.24) is 10.2 Å². The molecule has 228 valence electrons. The van der Waals surface area contributed by atoms with Crippen LogP contribution in [0.5, 0.6) is 0 Å². The van der Waals surface area contributed by atoms with Gasteiger partial charge in [-0.2, -0.15) is 0 Å². The monoisotopic (exact) mass is 587 g/mol. The molecule has 3 aromatic rings. The summed E-state index contributed by atoms with van der Waals surface area (Å²) < 4.78 is 0. The van der Waals surface area contributed by atoms with Gasteiger partial charge in [-0.15, -0.1) is 0 Å². The topological polar surface area (TPSA) is 130 Å². The molecule has 9 nitrogen and oxygen atoms in total. The highest BCUT2D eigenvalue weighted by atomic mass is 16.4. The summed E-state index contributed by atoms with van der Waals surface area (Å²) in [4.78, 5) is 36.9. The molecule has 43 heavy (non-hydrogen) atoms. The van der Waals surface area contributed by atoms with Gasteiger partial charge in [0.1, 0.15) is 0 Å². The molecular weight excluding hydrogens is 546 g/mol. The summed E-state index contributed by atoms with van der Waals surface area (Å²) in [6.45, 7) is 11.4. The van der Waals surface area contributed by atoms with Crippen molar-refractivity contribution in [3.63, 3.8) is 0 Å². The molecule has 1 unspecified atom stereocenters. The van der Waals surface area contributed by atoms with E-state index in [1.165, 1.54) is 16.8 Å². The number of aliphatic carboxylic acids is 2. The number of hydrogen-bond donors (Lipinski definition) is 4. The predicted molar refractivity (Wildman–Crippen MR) is 168 cm³/mol. The van der Waals surface area contributed by atoms with Crippen LogP contribution in [0.1, 0.15) is 30.0 Å². The number of carboxylic acid groups (broad SMARTS) is 2. The van der Waals surface area contributed by atoms with Crippen molar-refractivity contribution >= 4 is 23.5 Å². The fourth-order valence-electron chi connectivity index (χ4n) is 4.86. The standard InChI is InChI=1S/C30H37N3O2.C4H4O4/c1-23-13-14-24(2)28(21-23)33-19-17-32(18-20-33)16-8-15-31-29(34)30(3,35)27-12-7-11-26(22-27)25-9-5-4-6-10-25;5-3(6)1-2-4(7)8/h4-7,9-14,21-22,35H,8,15-20H2,1-3H3,(H,31,34);1-2H,(H,5,6)(H,7,8)/b;2-1+. The van der Waals surface area contributed by atoms with Crippen LogP contribution >= 0.6 is 0 Å². The van der Waals surface area contributed by atoms with Gasteiger partial charge in [0.15, 0.2) is 5.60 Å². The maximum atomic E-state index is 12.8. The summed E-state index contributed by atoms with van der Waals surface area (Å²) in [5.74, 6) is -2.87. The average Bonchev–Trinajstić information content (AvgIpc) is 3.00. The van der Waals surface area contributed by atoms with E-state index in [4.69, 9.17) is 10.2 Å². The third-order valence-corrected chi connectivity index (χ3v) is 7.36. The van der Waals surface area contributed by atoms with Gasteiger partial charge in [0.05, 0.1) is 0 Å². The number of aryl methyl sites for hydroxylation is 2. The summed E-state index contributed by atoms with van der Waals surface area (Å²) in [5, 5.41) is 29.6. The highest BCUT2D eigenvalue weighted by molar-refractivity contribution is 5.89. The molecule has 1 heterocycles. The zero-order valence-electron chi connectivity index (χ0n) is 25.0. The Morgan fingerprint density at radius 3 is 2.09 bits per heavy atom. The second kappa shape index (κ2) is 15.7. The fourth-order valence-corrected chi connectivity index (χ4v) is 4.86. The molecule has 1 saturated heterocycles. The van der Waals surface area contributed by atoms with Crippen LogP contribution in [0.2, 0.25) is 0 Å². The second-order valence-electron chi connectivity index (χ2n) is 10.8. The smallest absolute Gasteiger partial charge is 0.328 e. The quantitative estimate of drug-likeness (QED) is 0.205. The lowest BCUT2D eigenvalue weighted by atomic mass is 9.92. The molecule has 0 bridgehead atoms. The van der Waals surface area contributed by atoms with Crippen LogP contribution in [0, 0.1) is 13.8 Å². The number of carbonyl (C=O) groups is 3. The Hall–Kier alpha value is -4.47. The van der Waals surface area contributed by atoms with Gasteiger partial charge in [0.2, 0.25) is 0 Å². The Balaban J connectivity index is 0.000000557. The van der Waals surface area contributed by atoms with Crippen molar-refractivity contribution in [2.24, 2.45) is 0 Å². The minimum Gasteiger partial charge on any atom is -0.478 e. The van der Waals surface area contributed by atoms with Crippen molar-refractivity contribution in [3.05, 3.63) is 102 Å². The SMILES string of the molecule is Cc1ccc(C)c(N2CCN(CCCNC(=O)C(C)(O)c3cccc(-c4ccccc4)c3)CC2)c1.O=C(O)/C=C/C(=O)O. The van der Waals surface area contributed by atoms with Crippen molar-refractivity contribution in [3.8, 4) is 11.1 Å². The maximum absolute atomic E-state index is 12.8. The van der Waals surface area contributed by atoms with E-state index in [1.54, 1.807) is 13.0 Å². The number of carbonyl (C=O) groups excluding carboxylic acids is 1. The van der Waals surface area contributed by atoms with Crippen LogP contribution in [-0.2, 0) is 20.0 Å². The van der Waals surface area contributed by atoms with Gasteiger partial charge in [-0.05, 0) is 73.7 Å². The van der Waals surface area contributed by atoms with E-state index in [2.05, 4.69) is 47.2 Å². The number of aliphatic hydroxyl groups is 1. The van der Waals surface area contributed by atoms with Gasteiger partial charge in [-0.1, -0.05) is 60.7 Å². The van der Waals surface area contributed by atoms with E-state index < -0.39 is 17.5 Å². The first-order valence-electron chi connectivity index (χ1n) is 14.3. The van der Waals surface area contributed by atoms with Crippen LogP contribution in [0.4, 0.5) is 5.69 Å². The Morgan fingerprint density at radius 2 is 1.47 bits per heavy atom. The van der Waals surface area contributed by atoms with Crippen molar-refractivity contribution < 1.29 is 29.7 Å². The van der Waals surface area contributed by atoms with Gasteiger partial charge in [0, 0.05) is 50.6 Å². The predicted octanol–water partition coefficient (Wildman–Crippen LogP) is 4.22. The summed E-state index contributed by atoms with van der Waals surface area (Å²) >= 11 is 0. The Bertz CT molecular complexity index is 1400. The number of rotatable bonds is 10. The molecule has 9 heteroatoms. The third kappa shape index (κ3) is 10.1. The molecule has 1 aliphatic rings. The summed E-state index contributed by atoms with van der Waals surface area (Å²) in [6.07, 6.45) is 1.97. The third-order valence-electron chi connectivity index (χ3n) is 7.36. The van der Waals surface area contributed by atoms with Gasteiger partial charge in [0.25, 0.3) is 5.91 Å². The van der Waals surface area contributed by atoms with Crippen molar-refractivity contribution in [2.75, 3.05) is 44.2 Å². The zero-order chi connectivity index (χ0) is 31.4. The molecular formula is C34H41N3O6. The maximum Gasteiger partial charge on any atom is 0.328 e. The van der Waals surface area contributed by atoms with Crippen LogP contribution < -0.4 is 10.2 Å². The Labute approximate surface area is 253 Å². The van der Waals surface area contributed by atoms with Crippen molar-refractivity contribution in [1.29, 1.82) is 0 Å². The Kier molecular flexibility index (Phi) is 12.0. The van der Waals surface area contributed by atoms with Crippen LogP contribution in [-0.4, -0.2) is 77.3 Å². The van der Waals surface area contributed by atoms with E-state index >= 15 is 0 Å². The fraction of sp³-hybridized carbons (Fsp3) is 0.324. The average molecular weight is 588 g/mol. The van der Waals surface area contributed by atoms with Crippen LogP contribution in [0.15, 0.2) is 84.9 Å². The first-order valence-corrected chi connectivity index (χ1v) is 14.3. The van der Waals surface area contributed by atoms with Gasteiger partial charge in [-0.3, -0.25) is 9.69 Å².